The lowest BCUT2D eigenvalue weighted by Gasteiger charge is -2.33. The second-order valence-electron chi connectivity index (χ2n) is 6.67. The highest BCUT2D eigenvalue weighted by atomic mass is 31.2. The molecule has 0 fully saturated rings. The zero-order chi connectivity index (χ0) is 19.2. The molecule has 0 spiro atoms. The summed E-state index contributed by atoms with van der Waals surface area (Å²) in [5.41, 5.74) is 11.8. The number of anilines is 1. The lowest BCUT2D eigenvalue weighted by atomic mass is 9.88. The molecule has 1 atom stereocenters. The van der Waals surface area contributed by atoms with Crippen molar-refractivity contribution in [1.82, 2.24) is 0 Å². The van der Waals surface area contributed by atoms with Gasteiger partial charge in [-0.2, -0.15) is 0 Å². The summed E-state index contributed by atoms with van der Waals surface area (Å²) in [6.45, 7) is 4.21. The molecule has 4 nitrogen and oxygen atoms in total. The number of allylic oxidation sites excluding steroid dienone is 5. The molecule has 0 radical (unpaired) electrons. The van der Waals surface area contributed by atoms with Crippen LogP contribution in [0.4, 0.5) is 5.69 Å². The van der Waals surface area contributed by atoms with Gasteiger partial charge in [-0.3, -0.25) is 4.57 Å². The van der Waals surface area contributed by atoms with E-state index in [2.05, 4.69) is 19.1 Å². The first-order valence-corrected chi connectivity index (χ1v) is 10.5. The highest BCUT2D eigenvalue weighted by Crippen LogP contribution is 2.63. The van der Waals surface area contributed by atoms with Gasteiger partial charge in [0.1, 0.15) is 0 Å². The highest BCUT2D eigenvalue weighted by Gasteiger charge is 2.41. The fraction of sp³-hybridized carbons (Fsp3) is 0.136. The van der Waals surface area contributed by atoms with Gasteiger partial charge in [0.15, 0.2) is 0 Å². The molecule has 1 aliphatic heterocycles. The zero-order valence-corrected chi connectivity index (χ0v) is 16.2. The molecule has 136 valence electrons. The quantitative estimate of drug-likeness (QED) is 0.596. The molecule has 0 aromatic heterocycles. The molecule has 1 unspecified atom stereocenters. The van der Waals surface area contributed by atoms with Crippen molar-refractivity contribution in [2.45, 2.75) is 13.8 Å². The number of rotatable bonds is 3. The Morgan fingerprint density at radius 2 is 1.89 bits per heavy atom. The molecule has 2 aromatic carbocycles. The van der Waals surface area contributed by atoms with Gasteiger partial charge < -0.3 is 15.7 Å². The lowest BCUT2D eigenvalue weighted by molar-refractivity contribution is 0.345. The number of fused-ring (bicyclic) bond motifs is 2. The number of nitrogens with two attached hydrogens (primary N) is 1. The average Bonchev–Trinajstić information content (AvgIpc) is 2.65. The van der Waals surface area contributed by atoms with E-state index in [-0.39, 0.29) is 0 Å². The van der Waals surface area contributed by atoms with Gasteiger partial charge in [0.25, 0.3) is 7.37 Å². The molecular weight excluding hydrogens is 355 g/mol. The highest BCUT2D eigenvalue weighted by molar-refractivity contribution is 7.71. The van der Waals surface area contributed by atoms with Crippen LogP contribution in [-0.2, 0) is 9.09 Å². The number of hydrogen-bond donors (Lipinski definition) is 2. The summed E-state index contributed by atoms with van der Waals surface area (Å²) in [4.78, 5) is 0. The van der Waals surface area contributed by atoms with E-state index in [1.807, 2.05) is 37.3 Å². The van der Waals surface area contributed by atoms with Crippen molar-refractivity contribution >= 4 is 29.6 Å². The zero-order valence-electron chi connectivity index (χ0n) is 15.3. The molecule has 0 saturated carbocycles. The van der Waals surface area contributed by atoms with Crippen LogP contribution in [0.2, 0.25) is 0 Å². The van der Waals surface area contributed by atoms with Crippen LogP contribution in [0.5, 0.6) is 0 Å². The summed E-state index contributed by atoms with van der Waals surface area (Å²) in [7, 11) is -3.34. The second kappa shape index (κ2) is 6.49. The molecule has 0 saturated heterocycles. The van der Waals surface area contributed by atoms with E-state index in [4.69, 9.17) is 15.7 Å². The maximum Gasteiger partial charge on any atom is 0.262 e. The minimum Gasteiger partial charge on any atom is -0.399 e. The van der Waals surface area contributed by atoms with Crippen LogP contribution in [0.15, 0.2) is 71.6 Å². The fourth-order valence-electron chi connectivity index (χ4n) is 3.73. The van der Waals surface area contributed by atoms with E-state index >= 15 is 0 Å². The van der Waals surface area contributed by atoms with Crippen molar-refractivity contribution in [2.24, 2.45) is 0 Å². The molecule has 27 heavy (non-hydrogen) atoms. The van der Waals surface area contributed by atoms with Gasteiger partial charge in [0, 0.05) is 5.69 Å². The third-order valence-corrected chi connectivity index (χ3v) is 7.55. The fourth-order valence-corrected chi connectivity index (χ4v) is 6.27. The predicted molar refractivity (Wildman–Crippen MR) is 112 cm³/mol. The minimum absolute atomic E-state index is 0.310. The Balaban J connectivity index is 2.14. The summed E-state index contributed by atoms with van der Waals surface area (Å²) < 4.78 is 19.9. The standard InChI is InChI=1S/C22H21N2O2P/c1-3-26-27(25)20-12-15(23)8-10-18(20)22(17-7-5-4-6-14(17)2)19-11-9-16(24)13-21(19)27/h4-13,23H,3,24H2,1-2H3. The van der Waals surface area contributed by atoms with Crippen LogP contribution in [0.25, 0.3) is 5.57 Å². The Labute approximate surface area is 159 Å². The number of benzene rings is 2. The van der Waals surface area contributed by atoms with Crippen LogP contribution in [0.1, 0.15) is 23.6 Å². The van der Waals surface area contributed by atoms with Gasteiger partial charge in [-0.05, 0) is 66.0 Å². The summed E-state index contributed by atoms with van der Waals surface area (Å²) in [6.07, 6.45) is 5.27. The van der Waals surface area contributed by atoms with Gasteiger partial charge in [-0.1, -0.05) is 36.4 Å². The average molecular weight is 376 g/mol. The molecule has 5 heteroatoms. The van der Waals surface area contributed by atoms with E-state index in [9.17, 15) is 4.57 Å². The number of nitrogen functional groups attached to an aromatic ring is 1. The Morgan fingerprint density at radius 3 is 2.63 bits per heavy atom. The molecular formula is C22H21N2O2P. The summed E-state index contributed by atoms with van der Waals surface area (Å²) in [5, 5.41) is 9.26. The SMILES string of the molecule is CCOP1(=O)C2=CC(=N)C=CC2=C(c2ccccc2C)c2ccc(N)cc21. The second-order valence-corrected chi connectivity index (χ2v) is 8.99. The van der Waals surface area contributed by atoms with Gasteiger partial charge in [0.2, 0.25) is 0 Å². The van der Waals surface area contributed by atoms with Gasteiger partial charge in [-0.15, -0.1) is 0 Å². The van der Waals surface area contributed by atoms with Crippen LogP contribution < -0.4 is 11.0 Å². The van der Waals surface area contributed by atoms with E-state index in [1.165, 1.54) is 0 Å². The van der Waals surface area contributed by atoms with E-state index < -0.39 is 7.37 Å². The number of hydrogen-bond acceptors (Lipinski definition) is 4. The topological polar surface area (TPSA) is 76.2 Å². The monoisotopic (exact) mass is 376 g/mol. The Bertz CT molecular complexity index is 1110. The molecule has 1 heterocycles. The van der Waals surface area contributed by atoms with E-state index in [1.54, 1.807) is 18.2 Å². The third-order valence-electron chi connectivity index (χ3n) is 4.92. The van der Waals surface area contributed by atoms with Crippen molar-refractivity contribution in [3.05, 3.63) is 88.3 Å². The molecule has 2 aromatic rings. The minimum atomic E-state index is -3.34. The van der Waals surface area contributed by atoms with Crippen LogP contribution in [0.3, 0.4) is 0 Å². The molecule has 1 aliphatic carbocycles. The van der Waals surface area contributed by atoms with Crippen molar-refractivity contribution in [2.75, 3.05) is 12.3 Å². The summed E-state index contributed by atoms with van der Waals surface area (Å²) in [5.74, 6) is 0. The maximum absolute atomic E-state index is 14.1. The van der Waals surface area contributed by atoms with Crippen molar-refractivity contribution in [3.63, 3.8) is 0 Å². The normalized spacial score (nSPS) is 21.0. The van der Waals surface area contributed by atoms with Gasteiger partial charge in [-0.25, -0.2) is 0 Å². The predicted octanol–water partition coefficient (Wildman–Crippen LogP) is 4.81. The molecule has 0 amide bonds. The van der Waals surface area contributed by atoms with Gasteiger partial charge in [0.05, 0.1) is 22.9 Å². The number of nitrogens with one attached hydrogen (secondary N) is 1. The van der Waals surface area contributed by atoms with Crippen molar-refractivity contribution in [3.8, 4) is 0 Å². The van der Waals surface area contributed by atoms with Crippen molar-refractivity contribution < 1.29 is 9.09 Å². The molecule has 3 N–H and O–H groups in total. The largest absolute Gasteiger partial charge is 0.399 e. The van der Waals surface area contributed by atoms with Crippen molar-refractivity contribution in [1.29, 1.82) is 5.41 Å². The molecule has 4 rings (SSSR count). The smallest absolute Gasteiger partial charge is 0.262 e. The maximum atomic E-state index is 14.1. The van der Waals surface area contributed by atoms with E-state index in [0.29, 0.717) is 28.6 Å². The Kier molecular flexibility index (Phi) is 4.26. The Morgan fingerprint density at radius 1 is 1.11 bits per heavy atom. The third kappa shape index (κ3) is 2.73. The van der Waals surface area contributed by atoms with Crippen LogP contribution >= 0.6 is 7.37 Å². The van der Waals surface area contributed by atoms with Crippen LogP contribution in [0, 0.1) is 12.3 Å². The summed E-state index contributed by atoms with van der Waals surface area (Å²) in [6, 6.07) is 13.7. The Hall–Kier alpha value is -2.68. The number of aryl methyl sites for hydroxylation is 1. The first-order valence-electron chi connectivity index (χ1n) is 8.90. The van der Waals surface area contributed by atoms with Gasteiger partial charge >= 0.3 is 0 Å². The molecule has 2 aliphatic rings. The first-order chi connectivity index (χ1) is 13.0. The lowest BCUT2D eigenvalue weighted by Crippen LogP contribution is -2.23. The molecule has 0 bridgehead atoms. The van der Waals surface area contributed by atoms with E-state index in [0.717, 1.165) is 27.8 Å². The first kappa shape index (κ1) is 17.7. The summed E-state index contributed by atoms with van der Waals surface area (Å²) >= 11 is 0. The van der Waals surface area contributed by atoms with Crippen LogP contribution in [-0.4, -0.2) is 12.3 Å².